The van der Waals surface area contributed by atoms with E-state index in [1.165, 1.54) is 18.6 Å². The first-order valence-corrected chi connectivity index (χ1v) is 6.46. The number of nitrogens with one attached hydrogen (secondary N) is 1. The van der Waals surface area contributed by atoms with Crippen LogP contribution in [0.25, 0.3) is 5.69 Å². The molecule has 1 N–H and O–H groups in total. The molecule has 1 amide bonds. The molecule has 0 aliphatic rings. The topological polar surface area (TPSA) is 72.7 Å². The lowest BCUT2D eigenvalue weighted by molar-refractivity contribution is 0.0945. The predicted molar refractivity (Wildman–Crippen MR) is 76.8 cm³/mol. The third kappa shape index (κ3) is 3.11. The monoisotopic (exact) mass is 279 g/mol. The van der Waals surface area contributed by atoms with E-state index in [1.54, 1.807) is 10.9 Å². The van der Waals surface area contributed by atoms with Crippen molar-refractivity contribution in [2.75, 3.05) is 0 Å². The van der Waals surface area contributed by atoms with Crippen molar-refractivity contribution in [3.63, 3.8) is 0 Å². The molecule has 0 unspecified atom stereocenters. The average molecular weight is 279 g/mol. The van der Waals surface area contributed by atoms with Gasteiger partial charge in [0.25, 0.3) is 5.91 Å². The lowest BCUT2D eigenvalue weighted by atomic mass is 10.3. The molecule has 0 saturated heterocycles. The van der Waals surface area contributed by atoms with E-state index >= 15 is 0 Å². The van der Waals surface area contributed by atoms with Crippen LogP contribution >= 0.6 is 0 Å². The number of rotatable bonds is 4. The quantitative estimate of drug-likeness (QED) is 0.787. The van der Waals surface area contributed by atoms with Gasteiger partial charge in [0.2, 0.25) is 0 Å². The Morgan fingerprint density at radius 1 is 1.14 bits per heavy atom. The fourth-order valence-electron chi connectivity index (χ4n) is 1.86. The maximum atomic E-state index is 11.9. The zero-order valence-electron chi connectivity index (χ0n) is 11.2. The van der Waals surface area contributed by atoms with Crippen molar-refractivity contribution in [1.82, 2.24) is 25.1 Å². The molecular weight excluding hydrogens is 266 g/mol. The molecule has 0 aliphatic heterocycles. The number of para-hydroxylation sites is 1. The van der Waals surface area contributed by atoms with Crippen LogP contribution in [0.2, 0.25) is 0 Å². The van der Waals surface area contributed by atoms with Crippen LogP contribution < -0.4 is 5.32 Å². The maximum Gasteiger partial charge on any atom is 0.271 e. The number of benzene rings is 1. The summed E-state index contributed by atoms with van der Waals surface area (Å²) in [5.41, 5.74) is 2.19. The second-order valence-corrected chi connectivity index (χ2v) is 4.40. The lowest BCUT2D eigenvalue weighted by Crippen LogP contribution is -2.23. The molecule has 6 heteroatoms. The summed E-state index contributed by atoms with van der Waals surface area (Å²) in [6.45, 7) is 0.391. The fourth-order valence-corrected chi connectivity index (χ4v) is 1.86. The Hall–Kier alpha value is -3.02. The molecule has 0 radical (unpaired) electrons. The molecule has 1 aromatic carbocycles. The average Bonchev–Trinajstić information content (AvgIpc) is 3.03. The smallest absolute Gasteiger partial charge is 0.271 e. The predicted octanol–water partition coefficient (Wildman–Crippen LogP) is 1.59. The molecule has 0 saturated carbocycles. The van der Waals surface area contributed by atoms with E-state index in [4.69, 9.17) is 0 Å². The van der Waals surface area contributed by atoms with Gasteiger partial charge in [-0.2, -0.15) is 5.10 Å². The molecule has 3 rings (SSSR count). The van der Waals surface area contributed by atoms with E-state index in [0.29, 0.717) is 12.2 Å². The molecular formula is C15H13N5O. The summed E-state index contributed by atoms with van der Waals surface area (Å²) in [7, 11) is 0. The second-order valence-electron chi connectivity index (χ2n) is 4.40. The molecule has 0 bridgehead atoms. The number of carbonyl (C=O) groups is 1. The maximum absolute atomic E-state index is 11.9. The zero-order chi connectivity index (χ0) is 14.5. The molecule has 3 aromatic rings. The minimum absolute atomic E-state index is 0.254. The third-order valence-corrected chi connectivity index (χ3v) is 2.91. The number of aromatic nitrogens is 4. The molecule has 21 heavy (non-hydrogen) atoms. The number of nitrogens with zero attached hydrogens (tertiary/aromatic N) is 4. The van der Waals surface area contributed by atoms with Gasteiger partial charge in [-0.15, -0.1) is 0 Å². The van der Waals surface area contributed by atoms with E-state index in [9.17, 15) is 4.79 Å². The van der Waals surface area contributed by atoms with Crippen LogP contribution in [0.5, 0.6) is 0 Å². The third-order valence-electron chi connectivity index (χ3n) is 2.91. The summed E-state index contributed by atoms with van der Waals surface area (Å²) >= 11 is 0. The lowest BCUT2D eigenvalue weighted by Gasteiger charge is -2.02. The van der Waals surface area contributed by atoms with Gasteiger partial charge in [-0.25, -0.2) is 9.67 Å². The Morgan fingerprint density at radius 2 is 2.00 bits per heavy atom. The molecule has 2 aromatic heterocycles. The van der Waals surface area contributed by atoms with E-state index in [-0.39, 0.29) is 5.91 Å². The summed E-state index contributed by atoms with van der Waals surface area (Å²) in [6, 6.07) is 9.79. The van der Waals surface area contributed by atoms with Gasteiger partial charge >= 0.3 is 0 Å². The normalized spacial score (nSPS) is 10.3. The largest absolute Gasteiger partial charge is 0.346 e. The Morgan fingerprint density at radius 3 is 2.76 bits per heavy atom. The van der Waals surface area contributed by atoms with Crippen molar-refractivity contribution in [2.24, 2.45) is 0 Å². The Balaban J connectivity index is 1.64. The number of hydrogen-bond acceptors (Lipinski definition) is 4. The van der Waals surface area contributed by atoms with Crippen molar-refractivity contribution >= 4 is 5.91 Å². The van der Waals surface area contributed by atoms with Crippen LogP contribution in [0.4, 0.5) is 0 Å². The summed E-state index contributed by atoms with van der Waals surface area (Å²) in [5, 5.41) is 7.06. The van der Waals surface area contributed by atoms with Crippen molar-refractivity contribution in [3.05, 3.63) is 72.6 Å². The first-order chi connectivity index (χ1) is 10.3. The minimum Gasteiger partial charge on any atom is -0.346 e. The van der Waals surface area contributed by atoms with Crippen LogP contribution in [0.3, 0.4) is 0 Å². The van der Waals surface area contributed by atoms with Crippen molar-refractivity contribution in [1.29, 1.82) is 0 Å². The Kier molecular flexibility index (Phi) is 3.68. The fraction of sp³-hybridized carbons (Fsp3) is 0.0667. The number of amides is 1. The van der Waals surface area contributed by atoms with E-state index in [2.05, 4.69) is 20.4 Å². The summed E-state index contributed by atoms with van der Waals surface area (Å²) in [5.74, 6) is -0.254. The highest BCUT2D eigenvalue weighted by atomic mass is 16.1. The number of hydrogen-bond donors (Lipinski definition) is 1. The van der Waals surface area contributed by atoms with Gasteiger partial charge < -0.3 is 5.32 Å². The van der Waals surface area contributed by atoms with Gasteiger partial charge in [0, 0.05) is 30.7 Å². The molecule has 0 aliphatic carbocycles. The Labute approximate surface area is 121 Å². The zero-order valence-corrected chi connectivity index (χ0v) is 11.2. The van der Waals surface area contributed by atoms with Crippen LogP contribution in [0.1, 0.15) is 16.1 Å². The molecule has 2 heterocycles. The van der Waals surface area contributed by atoms with Crippen LogP contribution in [-0.2, 0) is 6.54 Å². The minimum atomic E-state index is -0.254. The van der Waals surface area contributed by atoms with E-state index < -0.39 is 0 Å². The van der Waals surface area contributed by atoms with Gasteiger partial charge in [0.15, 0.2) is 0 Å². The summed E-state index contributed by atoms with van der Waals surface area (Å²) in [6.07, 6.45) is 8.06. The van der Waals surface area contributed by atoms with Gasteiger partial charge in [0.05, 0.1) is 18.1 Å². The first kappa shape index (κ1) is 13.0. The number of carbonyl (C=O) groups excluding carboxylic acids is 1. The Bertz CT molecular complexity index is 724. The molecule has 0 spiro atoms. The summed E-state index contributed by atoms with van der Waals surface area (Å²) < 4.78 is 1.77. The SMILES string of the molecule is O=C(NCc1cnn(-c2ccccc2)c1)c1cnccn1. The molecule has 0 fully saturated rings. The van der Waals surface area contributed by atoms with Crippen LogP contribution in [0, 0.1) is 0 Å². The molecule has 6 nitrogen and oxygen atoms in total. The second kappa shape index (κ2) is 5.96. The van der Waals surface area contributed by atoms with Gasteiger partial charge in [-0.1, -0.05) is 18.2 Å². The van der Waals surface area contributed by atoms with Crippen LogP contribution in [0.15, 0.2) is 61.3 Å². The van der Waals surface area contributed by atoms with Crippen molar-refractivity contribution in [2.45, 2.75) is 6.54 Å². The van der Waals surface area contributed by atoms with Crippen molar-refractivity contribution < 1.29 is 4.79 Å². The standard InChI is InChI=1S/C15H13N5O/c21-15(14-10-16-6-7-17-14)18-8-12-9-19-20(11-12)13-4-2-1-3-5-13/h1-7,9-11H,8H2,(H,18,21). The van der Waals surface area contributed by atoms with E-state index in [0.717, 1.165) is 11.3 Å². The highest BCUT2D eigenvalue weighted by Crippen LogP contribution is 2.07. The van der Waals surface area contributed by atoms with Gasteiger partial charge in [-0.3, -0.25) is 9.78 Å². The summed E-state index contributed by atoms with van der Waals surface area (Å²) in [4.78, 5) is 19.7. The van der Waals surface area contributed by atoms with Gasteiger partial charge in [0.1, 0.15) is 5.69 Å². The van der Waals surface area contributed by atoms with Crippen LogP contribution in [-0.4, -0.2) is 25.7 Å². The van der Waals surface area contributed by atoms with E-state index in [1.807, 2.05) is 36.5 Å². The molecule has 104 valence electrons. The van der Waals surface area contributed by atoms with Crippen molar-refractivity contribution in [3.8, 4) is 5.69 Å². The van der Waals surface area contributed by atoms with Gasteiger partial charge in [-0.05, 0) is 12.1 Å². The highest BCUT2D eigenvalue weighted by Gasteiger charge is 2.07. The molecule has 0 atom stereocenters. The highest BCUT2D eigenvalue weighted by molar-refractivity contribution is 5.91. The first-order valence-electron chi connectivity index (χ1n) is 6.46.